The van der Waals surface area contributed by atoms with Crippen LogP contribution < -0.4 is 11.1 Å². The SMILES string of the molecule is CCCC[C@H](N)[C@H](C)NC(=O)O. The van der Waals surface area contributed by atoms with Gasteiger partial charge in [0.05, 0.1) is 0 Å². The molecule has 0 fully saturated rings. The van der Waals surface area contributed by atoms with Crippen LogP contribution >= 0.6 is 0 Å². The van der Waals surface area contributed by atoms with Gasteiger partial charge in [-0.25, -0.2) is 4.79 Å². The Hall–Kier alpha value is -0.770. The quantitative estimate of drug-likeness (QED) is 0.585. The van der Waals surface area contributed by atoms with E-state index in [0.717, 1.165) is 19.3 Å². The molecule has 0 aliphatic heterocycles. The molecule has 2 atom stereocenters. The second kappa shape index (κ2) is 5.83. The lowest BCUT2D eigenvalue weighted by Crippen LogP contribution is -2.45. The number of hydrogen-bond acceptors (Lipinski definition) is 2. The van der Waals surface area contributed by atoms with Crippen LogP contribution in [0.15, 0.2) is 0 Å². The van der Waals surface area contributed by atoms with Crippen LogP contribution in [0.1, 0.15) is 33.1 Å². The Morgan fingerprint density at radius 1 is 1.67 bits per heavy atom. The van der Waals surface area contributed by atoms with Gasteiger partial charge in [-0.2, -0.15) is 0 Å². The molecule has 0 heterocycles. The summed E-state index contributed by atoms with van der Waals surface area (Å²) in [7, 11) is 0. The first-order valence-corrected chi connectivity index (χ1v) is 4.33. The van der Waals surface area contributed by atoms with E-state index >= 15 is 0 Å². The molecule has 0 rings (SSSR count). The highest BCUT2D eigenvalue weighted by Gasteiger charge is 2.13. The number of hydrogen-bond donors (Lipinski definition) is 3. The molecule has 0 aliphatic rings. The number of amides is 1. The Morgan fingerprint density at radius 3 is 2.67 bits per heavy atom. The molecule has 0 unspecified atom stereocenters. The van der Waals surface area contributed by atoms with Gasteiger partial charge in [0.2, 0.25) is 0 Å². The fourth-order valence-electron chi connectivity index (χ4n) is 0.992. The van der Waals surface area contributed by atoms with Gasteiger partial charge in [0.1, 0.15) is 0 Å². The highest BCUT2D eigenvalue weighted by atomic mass is 16.4. The molecule has 0 aromatic carbocycles. The molecule has 0 radical (unpaired) electrons. The predicted octanol–water partition coefficient (Wildman–Crippen LogP) is 1.16. The molecule has 4 nitrogen and oxygen atoms in total. The lowest BCUT2D eigenvalue weighted by molar-refractivity contribution is 0.188. The summed E-state index contributed by atoms with van der Waals surface area (Å²) < 4.78 is 0. The van der Waals surface area contributed by atoms with E-state index < -0.39 is 6.09 Å². The average molecular weight is 174 g/mol. The minimum atomic E-state index is -1.01. The van der Waals surface area contributed by atoms with Crippen molar-refractivity contribution in [3.63, 3.8) is 0 Å². The zero-order chi connectivity index (χ0) is 9.56. The van der Waals surface area contributed by atoms with Gasteiger partial charge in [0, 0.05) is 12.1 Å². The molecule has 0 aliphatic carbocycles. The van der Waals surface area contributed by atoms with Crippen LogP contribution in [-0.2, 0) is 0 Å². The standard InChI is InChI=1S/C8H18N2O2/c1-3-4-5-7(9)6(2)10-8(11)12/h6-7,10H,3-5,9H2,1-2H3,(H,11,12)/t6-,7-/m0/s1. The highest BCUT2D eigenvalue weighted by molar-refractivity contribution is 5.64. The van der Waals surface area contributed by atoms with E-state index in [9.17, 15) is 4.79 Å². The van der Waals surface area contributed by atoms with Crippen LogP contribution in [0.25, 0.3) is 0 Å². The molecule has 12 heavy (non-hydrogen) atoms. The molecule has 0 saturated heterocycles. The first kappa shape index (κ1) is 11.2. The van der Waals surface area contributed by atoms with Gasteiger partial charge in [0.25, 0.3) is 0 Å². The average Bonchev–Trinajstić information content (AvgIpc) is 1.98. The van der Waals surface area contributed by atoms with Gasteiger partial charge in [-0.05, 0) is 13.3 Å². The van der Waals surface area contributed by atoms with Crippen LogP contribution in [0, 0.1) is 0 Å². The van der Waals surface area contributed by atoms with E-state index in [-0.39, 0.29) is 12.1 Å². The Bertz CT molecular complexity index is 139. The monoisotopic (exact) mass is 174 g/mol. The van der Waals surface area contributed by atoms with Crippen LogP contribution in [0.3, 0.4) is 0 Å². The maximum absolute atomic E-state index is 10.2. The molecule has 0 bridgehead atoms. The third kappa shape index (κ3) is 4.96. The maximum atomic E-state index is 10.2. The molecule has 0 saturated carbocycles. The van der Waals surface area contributed by atoms with Crippen LogP contribution in [-0.4, -0.2) is 23.3 Å². The Morgan fingerprint density at radius 2 is 2.25 bits per heavy atom. The molecule has 0 aromatic rings. The summed E-state index contributed by atoms with van der Waals surface area (Å²) in [4.78, 5) is 10.2. The van der Waals surface area contributed by atoms with Crippen molar-refractivity contribution < 1.29 is 9.90 Å². The molecule has 0 spiro atoms. The normalized spacial score (nSPS) is 15.2. The molecule has 4 N–H and O–H groups in total. The zero-order valence-electron chi connectivity index (χ0n) is 7.71. The van der Waals surface area contributed by atoms with Crippen molar-refractivity contribution >= 4 is 6.09 Å². The van der Waals surface area contributed by atoms with E-state index in [2.05, 4.69) is 12.2 Å². The van der Waals surface area contributed by atoms with Crippen LogP contribution in [0.5, 0.6) is 0 Å². The molecular formula is C8H18N2O2. The first-order valence-electron chi connectivity index (χ1n) is 4.33. The number of nitrogens with two attached hydrogens (primary N) is 1. The topological polar surface area (TPSA) is 75.3 Å². The zero-order valence-corrected chi connectivity index (χ0v) is 7.71. The molecule has 0 aromatic heterocycles. The van der Waals surface area contributed by atoms with Crippen molar-refractivity contribution in [2.45, 2.75) is 45.2 Å². The number of carbonyl (C=O) groups is 1. The summed E-state index contributed by atoms with van der Waals surface area (Å²) in [5, 5.41) is 10.7. The second-order valence-corrected chi connectivity index (χ2v) is 3.04. The summed E-state index contributed by atoms with van der Waals surface area (Å²) in [5.41, 5.74) is 5.73. The van der Waals surface area contributed by atoms with Gasteiger partial charge in [0.15, 0.2) is 0 Å². The molecular weight excluding hydrogens is 156 g/mol. The number of rotatable bonds is 5. The number of unbranched alkanes of at least 4 members (excludes halogenated alkanes) is 1. The molecule has 1 amide bonds. The van der Waals surface area contributed by atoms with Crippen molar-refractivity contribution in [3.05, 3.63) is 0 Å². The third-order valence-electron chi connectivity index (χ3n) is 1.88. The predicted molar refractivity (Wildman–Crippen MR) is 48.1 cm³/mol. The van der Waals surface area contributed by atoms with Crippen molar-refractivity contribution in [2.24, 2.45) is 5.73 Å². The lowest BCUT2D eigenvalue weighted by Gasteiger charge is -2.19. The van der Waals surface area contributed by atoms with Gasteiger partial charge in [-0.3, -0.25) is 0 Å². The van der Waals surface area contributed by atoms with Crippen LogP contribution in [0.2, 0.25) is 0 Å². The Balaban J connectivity index is 3.60. The van der Waals surface area contributed by atoms with E-state index in [1.165, 1.54) is 0 Å². The summed E-state index contributed by atoms with van der Waals surface area (Å²) >= 11 is 0. The van der Waals surface area contributed by atoms with Gasteiger partial charge >= 0.3 is 6.09 Å². The fourth-order valence-corrected chi connectivity index (χ4v) is 0.992. The smallest absolute Gasteiger partial charge is 0.404 e. The van der Waals surface area contributed by atoms with Crippen molar-refractivity contribution in [2.75, 3.05) is 0 Å². The highest BCUT2D eigenvalue weighted by Crippen LogP contribution is 2.01. The van der Waals surface area contributed by atoms with Crippen molar-refractivity contribution in [1.82, 2.24) is 5.32 Å². The van der Waals surface area contributed by atoms with Gasteiger partial charge in [-0.1, -0.05) is 19.8 Å². The summed E-state index contributed by atoms with van der Waals surface area (Å²) in [6.45, 7) is 3.87. The largest absolute Gasteiger partial charge is 0.465 e. The van der Waals surface area contributed by atoms with Gasteiger partial charge < -0.3 is 16.2 Å². The van der Waals surface area contributed by atoms with E-state index in [1.54, 1.807) is 6.92 Å². The minimum Gasteiger partial charge on any atom is -0.465 e. The van der Waals surface area contributed by atoms with Crippen molar-refractivity contribution in [3.8, 4) is 0 Å². The second-order valence-electron chi connectivity index (χ2n) is 3.04. The lowest BCUT2D eigenvalue weighted by atomic mass is 10.0. The third-order valence-corrected chi connectivity index (χ3v) is 1.88. The summed E-state index contributed by atoms with van der Waals surface area (Å²) in [6, 6.07) is -0.227. The fraction of sp³-hybridized carbons (Fsp3) is 0.875. The van der Waals surface area contributed by atoms with Gasteiger partial charge in [-0.15, -0.1) is 0 Å². The Labute approximate surface area is 73.1 Å². The number of carboxylic acid groups (broad SMARTS) is 1. The van der Waals surface area contributed by atoms with Crippen molar-refractivity contribution in [1.29, 1.82) is 0 Å². The van der Waals surface area contributed by atoms with E-state index in [1.807, 2.05) is 0 Å². The number of nitrogens with one attached hydrogen (secondary N) is 1. The van der Waals surface area contributed by atoms with E-state index in [0.29, 0.717) is 0 Å². The summed E-state index contributed by atoms with van der Waals surface area (Å²) in [5.74, 6) is 0. The molecule has 72 valence electrons. The molecule has 4 heteroatoms. The minimum absolute atomic E-state index is 0.0685. The summed E-state index contributed by atoms with van der Waals surface area (Å²) in [6.07, 6.45) is 2.01. The van der Waals surface area contributed by atoms with E-state index in [4.69, 9.17) is 10.8 Å². The van der Waals surface area contributed by atoms with Crippen LogP contribution in [0.4, 0.5) is 4.79 Å². The first-order chi connectivity index (χ1) is 5.57. The maximum Gasteiger partial charge on any atom is 0.404 e. The Kier molecular flexibility index (Phi) is 5.45.